The molecule has 1 aliphatic carbocycles. The maximum Gasteiger partial charge on any atom is 0.204 e. The lowest BCUT2D eigenvalue weighted by Crippen LogP contribution is -2.42. The number of thiol groups is 1. The zero-order valence-corrected chi connectivity index (χ0v) is 22.4. The van der Waals surface area contributed by atoms with E-state index in [1.165, 1.54) is 71.6 Å². The van der Waals surface area contributed by atoms with Gasteiger partial charge in [-0.15, -0.1) is 11.3 Å². The highest BCUT2D eigenvalue weighted by Crippen LogP contribution is 2.38. The van der Waals surface area contributed by atoms with E-state index in [1.807, 2.05) is 11.3 Å². The van der Waals surface area contributed by atoms with Crippen LogP contribution in [0.5, 0.6) is 0 Å². The topological polar surface area (TPSA) is 19.1 Å². The highest BCUT2D eigenvalue weighted by Gasteiger charge is 2.29. The third-order valence-electron chi connectivity index (χ3n) is 7.67. The smallest absolute Gasteiger partial charge is 0.204 e. The predicted molar refractivity (Wildman–Crippen MR) is 147 cm³/mol. The fourth-order valence-corrected chi connectivity index (χ4v) is 6.68. The molecular formula is C28H38N3S2+. The summed E-state index contributed by atoms with van der Waals surface area (Å²) in [6.45, 7) is 14.1. The van der Waals surface area contributed by atoms with E-state index in [9.17, 15) is 0 Å². The van der Waals surface area contributed by atoms with Crippen LogP contribution in [-0.2, 0) is 6.42 Å². The highest BCUT2D eigenvalue weighted by atomic mass is 32.1. The van der Waals surface area contributed by atoms with E-state index in [4.69, 9.17) is 17.6 Å². The molecule has 176 valence electrons. The molecule has 3 heterocycles. The fraction of sp³-hybridized carbons (Fsp3) is 0.571. The van der Waals surface area contributed by atoms with E-state index in [-0.39, 0.29) is 10.2 Å². The van der Waals surface area contributed by atoms with Crippen LogP contribution in [0, 0.1) is 5.41 Å². The molecule has 0 N–H and O–H groups in total. The second-order valence-electron chi connectivity index (χ2n) is 11.2. The molecule has 2 fully saturated rings. The monoisotopic (exact) mass is 480 g/mol. The Kier molecular flexibility index (Phi) is 6.24. The van der Waals surface area contributed by atoms with Gasteiger partial charge in [-0.1, -0.05) is 27.7 Å². The maximum atomic E-state index is 5.11. The molecule has 4 aliphatic rings. The first-order valence-corrected chi connectivity index (χ1v) is 13.9. The Bertz CT molecular complexity index is 1200. The zero-order valence-electron chi connectivity index (χ0n) is 20.7. The van der Waals surface area contributed by atoms with Gasteiger partial charge in [0, 0.05) is 35.2 Å². The normalized spacial score (nSPS) is 18.3. The number of aromatic nitrogens is 1. The van der Waals surface area contributed by atoms with Gasteiger partial charge in [0.1, 0.15) is 13.1 Å². The van der Waals surface area contributed by atoms with Crippen molar-refractivity contribution in [2.45, 2.75) is 71.0 Å². The molecule has 5 rings (SSSR count). The zero-order chi connectivity index (χ0) is 23.2. The Morgan fingerprint density at radius 2 is 1.88 bits per heavy atom. The van der Waals surface area contributed by atoms with Gasteiger partial charge in [0.05, 0.1) is 27.2 Å². The molecule has 2 saturated heterocycles. The number of hydrogen-bond acceptors (Lipinski definition) is 4. The van der Waals surface area contributed by atoms with E-state index in [0.29, 0.717) is 0 Å². The van der Waals surface area contributed by atoms with Gasteiger partial charge < -0.3 is 4.90 Å². The third kappa shape index (κ3) is 4.95. The molecule has 0 bridgehead atoms. The summed E-state index contributed by atoms with van der Waals surface area (Å²) in [6, 6.07) is 11.6. The largest absolute Gasteiger partial charge is 0.371 e. The molecule has 1 atom stereocenters. The summed E-state index contributed by atoms with van der Waals surface area (Å²) in [4.78, 5) is 8.87. The first kappa shape index (κ1) is 23.2. The van der Waals surface area contributed by atoms with Crippen LogP contribution < -0.4 is 14.8 Å². The number of hydrogen-bond donors (Lipinski definition) is 1. The van der Waals surface area contributed by atoms with Gasteiger partial charge in [-0.05, 0) is 61.8 Å². The summed E-state index contributed by atoms with van der Waals surface area (Å²) < 4.78 is 3.96. The van der Waals surface area contributed by atoms with Crippen molar-refractivity contribution in [3.63, 3.8) is 0 Å². The molecule has 1 aromatic carbocycles. The standard InChI is InChI=1S/C28H37N3S2/c1-5-28(4,32)19-27(2,3)11-10-20-16-23-26(18-24(20)31-14-7-15-31)33-25-17-21(30-12-6-13-30)8-9-22(25)29-23/h8-9,16-18H,5-7,10-15,19H2,1-4H3/p+1. The molecule has 5 heteroatoms. The van der Waals surface area contributed by atoms with Crippen LogP contribution in [0.2, 0.25) is 0 Å². The summed E-state index contributed by atoms with van der Waals surface area (Å²) >= 11 is 6.83. The Balaban J connectivity index is 1.50. The van der Waals surface area contributed by atoms with Crippen molar-refractivity contribution in [2.75, 3.05) is 31.1 Å². The van der Waals surface area contributed by atoms with E-state index >= 15 is 0 Å². The van der Waals surface area contributed by atoms with Gasteiger partial charge in [0.2, 0.25) is 5.36 Å². The lowest BCUT2D eigenvalue weighted by Gasteiger charge is -2.33. The maximum absolute atomic E-state index is 5.11. The summed E-state index contributed by atoms with van der Waals surface area (Å²) in [5, 5.41) is 1.44. The average molecular weight is 481 g/mol. The van der Waals surface area contributed by atoms with Crippen molar-refractivity contribution < 1.29 is 0 Å². The number of aryl methyl sites for hydroxylation is 1. The minimum Gasteiger partial charge on any atom is -0.371 e. The van der Waals surface area contributed by atoms with Crippen LogP contribution >= 0.6 is 24.0 Å². The van der Waals surface area contributed by atoms with Crippen LogP contribution in [-0.4, -0.2) is 35.9 Å². The summed E-state index contributed by atoms with van der Waals surface area (Å²) in [5.74, 6) is 0. The van der Waals surface area contributed by atoms with E-state index < -0.39 is 0 Å². The number of nitrogens with zero attached hydrogens (tertiary/aromatic N) is 3. The van der Waals surface area contributed by atoms with Crippen LogP contribution in [0.1, 0.15) is 65.4 Å². The summed E-state index contributed by atoms with van der Waals surface area (Å²) in [5.41, 5.74) is 5.34. The molecule has 3 aliphatic heterocycles. The molecule has 3 nitrogen and oxygen atoms in total. The number of anilines is 1. The van der Waals surface area contributed by atoms with Gasteiger partial charge >= 0.3 is 0 Å². The highest BCUT2D eigenvalue weighted by molar-refractivity contribution is 7.81. The number of benzene rings is 2. The van der Waals surface area contributed by atoms with Gasteiger partial charge in [-0.25, -0.2) is 9.56 Å². The van der Waals surface area contributed by atoms with Crippen molar-refractivity contribution in [2.24, 2.45) is 5.41 Å². The van der Waals surface area contributed by atoms with E-state index in [2.05, 4.69) is 67.5 Å². The summed E-state index contributed by atoms with van der Waals surface area (Å²) in [6.07, 6.45) is 7.12. The molecule has 0 spiro atoms. The van der Waals surface area contributed by atoms with Crippen LogP contribution in [0.15, 0.2) is 30.3 Å². The second kappa shape index (κ2) is 8.88. The molecule has 1 unspecified atom stereocenters. The Labute approximate surface area is 208 Å². The fourth-order valence-electron chi connectivity index (χ4n) is 5.24. The first-order chi connectivity index (χ1) is 15.7. The molecule has 0 amide bonds. The van der Waals surface area contributed by atoms with E-state index in [1.54, 1.807) is 0 Å². The number of rotatable bonds is 7. The van der Waals surface area contributed by atoms with Crippen molar-refractivity contribution in [3.8, 4) is 10.6 Å². The molecule has 1 aromatic rings. The third-order valence-corrected chi connectivity index (χ3v) is 9.24. The molecule has 0 saturated carbocycles. The Morgan fingerprint density at radius 3 is 2.52 bits per heavy atom. The quantitative estimate of drug-likeness (QED) is 0.245. The summed E-state index contributed by atoms with van der Waals surface area (Å²) in [7, 11) is 0. The molecule has 0 radical (unpaired) electrons. The molecular weight excluding hydrogens is 442 g/mol. The van der Waals surface area contributed by atoms with Gasteiger partial charge in [-0.3, -0.25) is 0 Å². The van der Waals surface area contributed by atoms with Gasteiger partial charge in [-0.2, -0.15) is 12.6 Å². The van der Waals surface area contributed by atoms with Crippen LogP contribution in [0.4, 0.5) is 5.69 Å². The first-order valence-electron chi connectivity index (χ1n) is 12.7. The number of fused-ring (bicyclic) bond motifs is 2. The van der Waals surface area contributed by atoms with Crippen molar-refractivity contribution in [1.29, 1.82) is 0 Å². The average Bonchev–Trinajstić information content (AvgIpc) is 2.67. The predicted octanol–water partition coefficient (Wildman–Crippen LogP) is 6.23. The van der Waals surface area contributed by atoms with Gasteiger partial charge in [0.25, 0.3) is 0 Å². The van der Waals surface area contributed by atoms with Crippen LogP contribution in [0.3, 0.4) is 0 Å². The molecule has 0 aromatic heterocycles. The van der Waals surface area contributed by atoms with Gasteiger partial charge in [0.15, 0.2) is 0 Å². The van der Waals surface area contributed by atoms with E-state index in [0.717, 1.165) is 30.5 Å². The lowest BCUT2D eigenvalue weighted by molar-refractivity contribution is 0.270. The van der Waals surface area contributed by atoms with Crippen molar-refractivity contribution in [1.82, 2.24) is 9.56 Å². The minimum atomic E-state index is 0.101. The van der Waals surface area contributed by atoms with Crippen molar-refractivity contribution in [3.05, 3.63) is 41.3 Å². The second-order valence-corrected chi connectivity index (χ2v) is 13.4. The van der Waals surface area contributed by atoms with Crippen LogP contribution in [0.25, 0.3) is 20.8 Å². The Morgan fingerprint density at radius 1 is 1.09 bits per heavy atom. The molecule has 33 heavy (non-hydrogen) atoms. The Hall–Kier alpha value is -1.59. The van der Waals surface area contributed by atoms with Crippen molar-refractivity contribution >= 4 is 39.9 Å². The SMILES string of the molecule is CCC(C)(S)CC(C)(C)CCc1cc2nc3ccc(N4CCC4)cc3sc-2cc1=[N+]1CCC1. The minimum absolute atomic E-state index is 0.101. The lowest BCUT2D eigenvalue weighted by atomic mass is 9.77.